The fourth-order valence-electron chi connectivity index (χ4n) is 1.69. The summed E-state index contributed by atoms with van der Waals surface area (Å²) >= 11 is 5.79. The number of anilines is 1. The fraction of sp³-hybridized carbons (Fsp3) is 0. The number of halogens is 2. The highest BCUT2D eigenvalue weighted by molar-refractivity contribution is 6.30. The van der Waals surface area contributed by atoms with Gasteiger partial charge in [0.2, 0.25) is 0 Å². The highest BCUT2D eigenvalue weighted by Crippen LogP contribution is 2.18. The second kappa shape index (κ2) is 5.30. The van der Waals surface area contributed by atoms with Gasteiger partial charge < -0.3 is 4.42 Å². The lowest BCUT2D eigenvalue weighted by Crippen LogP contribution is -1.93. The van der Waals surface area contributed by atoms with Gasteiger partial charge in [-0.2, -0.15) is 10.1 Å². The van der Waals surface area contributed by atoms with Crippen LogP contribution >= 0.6 is 11.6 Å². The maximum absolute atomic E-state index is 13.4. The third kappa shape index (κ3) is 2.62. The average molecular weight is 290 g/mol. The van der Waals surface area contributed by atoms with Gasteiger partial charge in [0.15, 0.2) is 5.58 Å². The number of hydrazone groups is 1. The third-order valence-corrected chi connectivity index (χ3v) is 2.85. The van der Waals surface area contributed by atoms with E-state index in [1.165, 1.54) is 24.4 Å². The zero-order chi connectivity index (χ0) is 13.9. The fourth-order valence-corrected chi connectivity index (χ4v) is 1.87. The number of para-hydroxylation sites is 2. The molecule has 1 N–H and O–H groups in total. The summed E-state index contributed by atoms with van der Waals surface area (Å²) in [5.74, 6) is -0.405. The van der Waals surface area contributed by atoms with Crippen LogP contribution in [-0.4, -0.2) is 11.2 Å². The van der Waals surface area contributed by atoms with Gasteiger partial charge in [-0.25, -0.2) is 9.82 Å². The van der Waals surface area contributed by atoms with Crippen molar-refractivity contribution in [2.75, 3.05) is 5.43 Å². The van der Waals surface area contributed by atoms with Crippen LogP contribution in [0.2, 0.25) is 5.02 Å². The molecule has 0 spiro atoms. The van der Waals surface area contributed by atoms with Gasteiger partial charge in [0.05, 0.1) is 6.21 Å². The molecule has 0 amide bonds. The highest BCUT2D eigenvalue weighted by atomic mass is 35.5. The van der Waals surface area contributed by atoms with Gasteiger partial charge in [0.25, 0.3) is 0 Å². The molecule has 3 rings (SSSR count). The molecule has 1 heterocycles. The van der Waals surface area contributed by atoms with Crippen molar-refractivity contribution in [3.8, 4) is 0 Å². The summed E-state index contributed by atoms with van der Waals surface area (Å²) in [6, 6.07) is 11.8. The molecular formula is C14H9ClFN3O. The zero-order valence-corrected chi connectivity index (χ0v) is 10.9. The third-order valence-electron chi connectivity index (χ3n) is 2.62. The summed E-state index contributed by atoms with van der Waals surface area (Å²) in [7, 11) is 0. The summed E-state index contributed by atoms with van der Waals surface area (Å²) in [5, 5.41) is 4.32. The van der Waals surface area contributed by atoms with E-state index >= 15 is 0 Å². The van der Waals surface area contributed by atoms with E-state index < -0.39 is 5.82 Å². The molecule has 0 radical (unpaired) electrons. The highest BCUT2D eigenvalue weighted by Gasteiger charge is 2.03. The minimum atomic E-state index is -0.405. The maximum Gasteiger partial charge on any atom is 0.316 e. The smallest absolute Gasteiger partial charge is 0.316 e. The molecule has 1 aromatic heterocycles. The summed E-state index contributed by atoms with van der Waals surface area (Å²) in [4.78, 5) is 4.17. The SMILES string of the molecule is Fc1ccc(Cl)cc1/C=N\Nc1nc2ccccc2o1. The molecular weight excluding hydrogens is 281 g/mol. The minimum Gasteiger partial charge on any atom is -0.422 e. The lowest BCUT2D eigenvalue weighted by atomic mass is 10.2. The summed E-state index contributed by atoms with van der Waals surface area (Å²) < 4.78 is 18.9. The first-order chi connectivity index (χ1) is 9.72. The maximum atomic E-state index is 13.4. The Hall–Kier alpha value is -2.40. The molecule has 100 valence electrons. The molecule has 0 saturated carbocycles. The monoisotopic (exact) mass is 289 g/mol. The van der Waals surface area contributed by atoms with Crippen LogP contribution in [0.25, 0.3) is 11.1 Å². The van der Waals surface area contributed by atoms with E-state index in [2.05, 4.69) is 15.5 Å². The van der Waals surface area contributed by atoms with Crippen molar-refractivity contribution in [2.24, 2.45) is 5.10 Å². The van der Waals surface area contributed by atoms with Gasteiger partial charge in [0.1, 0.15) is 11.3 Å². The van der Waals surface area contributed by atoms with E-state index in [9.17, 15) is 4.39 Å². The van der Waals surface area contributed by atoms with E-state index in [1.54, 1.807) is 6.07 Å². The van der Waals surface area contributed by atoms with Crippen LogP contribution in [0.3, 0.4) is 0 Å². The Morgan fingerprint density at radius 1 is 1.25 bits per heavy atom. The number of oxazole rings is 1. The Bertz CT molecular complexity index is 752. The van der Waals surface area contributed by atoms with Crippen molar-refractivity contribution in [3.05, 3.63) is 58.9 Å². The van der Waals surface area contributed by atoms with Gasteiger partial charge >= 0.3 is 6.01 Å². The predicted octanol–water partition coefficient (Wildman–Crippen LogP) is 4.07. The number of hydrogen-bond acceptors (Lipinski definition) is 4. The van der Waals surface area contributed by atoms with Crippen LogP contribution < -0.4 is 5.43 Å². The molecule has 0 aliphatic heterocycles. The molecule has 6 heteroatoms. The Balaban J connectivity index is 1.78. The predicted molar refractivity (Wildman–Crippen MR) is 76.6 cm³/mol. The van der Waals surface area contributed by atoms with Crippen molar-refractivity contribution in [1.29, 1.82) is 0 Å². The first-order valence-electron chi connectivity index (χ1n) is 5.82. The Labute approximate surface area is 118 Å². The van der Waals surface area contributed by atoms with Crippen LogP contribution in [0.4, 0.5) is 10.4 Å². The Morgan fingerprint density at radius 3 is 2.95 bits per heavy atom. The molecule has 0 fully saturated rings. The summed E-state index contributed by atoms with van der Waals surface area (Å²) in [6.45, 7) is 0. The number of hydrogen-bond donors (Lipinski definition) is 1. The quantitative estimate of drug-likeness (QED) is 0.584. The largest absolute Gasteiger partial charge is 0.422 e. The second-order valence-electron chi connectivity index (χ2n) is 4.02. The number of benzene rings is 2. The molecule has 0 aliphatic rings. The molecule has 0 aliphatic carbocycles. The van der Waals surface area contributed by atoms with Gasteiger partial charge in [-0.1, -0.05) is 23.7 Å². The zero-order valence-electron chi connectivity index (χ0n) is 10.2. The molecule has 20 heavy (non-hydrogen) atoms. The molecule has 3 aromatic rings. The van der Waals surface area contributed by atoms with Crippen molar-refractivity contribution in [1.82, 2.24) is 4.98 Å². The van der Waals surface area contributed by atoms with Crippen LogP contribution in [0.1, 0.15) is 5.56 Å². The number of nitrogens with one attached hydrogen (secondary N) is 1. The van der Waals surface area contributed by atoms with E-state index in [0.717, 1.165) is 5.52 Å². The van der Waals surface area contributed by atoms with E-state index in [1.807, 2.05) is 18.2 Å². The number of nitrogens with zero attached hydrogens (tertiary/aromatic N) is 2. The molecule has 2 aromatic carbocycles. The lowest BCUT2D eigenvalue weighted by Gasteiger charge is -1.97. The van der Waals surface area contributed by atoms with Crippen LogP contribution in [0.15, 0.2) is 52.0 Å². The van der Waals surface area contributed by atoms with Crippen molar-refractivity contribution >= 4 is 34.9 Å². The molecule has 0 saturated heterocycles. The first-order valence-corrected chi connectivity index (χ1v) is 6.20. The van der Waals surface area contributed by atoms with E-state index in [-0.39, 0.29) is 11.6 Å². The van der Waals surface area contributed by atoms with Crippen LogP contribution in [-0.2, 0) is 0 Å². The van der Waals surface area contributed by atoms with Gasteiger partial charge in [-0.05, 0) is 30.3 Å². The minimum absolute atomic E-state index is 0.241. The molecule has 0 unspecified atom stereocenters. The summed E-state index contributed by atoms with van der Waals surface area (Å²) in [5.41, 5.74) is 4.26. The topological polar surface area (TPSA) is 50.4 Å². The van der Waals surface area contributed by atoms with Gasteiger partial charge in [-0.3, -0.25) is 0 Å². The van der Waals surface area contributed by atoms with Gasteiger partial charge in [-0.15, -0.1) is 0 Å². The van der Waals surface area contributed by atoms with Crippen LogP contribution in [0.5, 0.6) is 0 Å². The second-order valence-corrected chi connectivity index (χ2v) is 4.46. The Morgan fingerprint density at radius 2 is 2.10 bits per heavy atom. The molecule has 0 bridgehead atoms. The van der Waals surface area contributed by atoms with Crippen molar-refractivity contribution in [3.63, 3.8) is 0 Å². The average Bonchev–Trinajstić information content (AvgIpc) is 2.85. The summed E-state index contributed by atoms with van der Waals surface area (Å²) in [6.07, 6.45) is 1.32. The first kappa shape index (κ1) is 12.6. The molecule has 4 nitrogen and oxygen atoms in total. The van der Waals surface area contributed by atoms with E-state index in [0.29, 0.717) is 10.6 Å². The standard InChI is InChI=1S/C14H9ClFN3O/c15-10-5-6-11(16)9(7-10)8-17-19-14-18-12-3-1-2-4-13(12)20-14/h1-8H,(H,18,19)/b17-8-. The Kier molecular flexibility index (Phi) is 3.35. The number of aromatic nitrogens is 1. The van der Waals surface area contributed by atoms with E-state index in [4.69, 9.17) is 16.0 Å². The lowest BCUT2D eigenvalue weighted by molar-refractivity contribution is 0.616. The van der Waals surface area contributed by atoms with Crippen LogP contribution in [0, 0.1) is 5.82 Å². The number of fused-ring (bicyclic) bond motifs is 1. The van der Waals surface area contributed by atoms with Crippen molar-refractivity contribution in [2.45, 2.75) is 0 Å². The van der Waals surface area contributed by atoms with Gasteiger partial charge in [0, 0.05) is 10.6 Å². The normalized spacial score (nSPS) is 11.3. The van der Waals surface area contributed by atoms with Crippen molar-refractivity contribution < 1.29 is 8.81 Å². The molecule has 0 atom stereocenters. The number of rotatable bonds is 3.